The Bertz CT molecular complexity index is 859. The molecule has 3 rings (SSSR count). The largest absolute Gasteiger partial charge is 0.496 e. The van der Waals surface area contributed by atoms with Crippen LogP contribution in [0.15, 0.2) is 41.4 Å². The quantitative estimate of drug-likeness (QED) is 0.765. The normalized spacial score (nSPS) is 17.9. The molecule has 0 N–H and O–H groups in total. The van der Waals surface area contributed by atoms with Gasteiger partial charge in [-0.25, -0.2) is 4.58 Å². The zero-order valence-electron chi connectivity index (χ0n) is 16.8. The number of allylic oxidation sites excluding steroid dienone is 2. The molecule has 144 valence electrons. The minimum absolute atomic E-state index is 0.439. The van der Waals surface area contributed by atoms with Gasteiger partial charge < -0.3 is 23.8 Å². The molecule has 0 amide bonds. The molecule has 1 aliphatic heterocycles. The number of ether oxygens (including phenoxy) is 4. The van der Waals surface area contributed by atoms with E-state index in [1.54, 1.807) is 14.2 Å². The first-order chi connectivity index (χ1) is 12.9. The third kappa shape index (κ3) is 3.79. The van der Waals surface area contributed by atoms with E-state index in [0.29, 0.717) is 13.2 Å². The van der Waals surface area contributed by atoms with Crippen LogP contribution in [0.5, 0.6) is 11.5 Å². The Morgan fingerprint density at radius 2 is 1.70 bits per heavy atom. The molecule has 0 unspecified atom stereocenters. The molecule has 1 aromatic carbocycles. The molecule has 0 fully saturated rings. The minimum Gasteiger partial charge on any atom is -0.496 e. The van der Waals surface area contributed by atoms with Crippen molar-refractivity contribution in [2.24, 2.45) is 0 Å². The molecule has 1 aliphatic carbocycles. The van der Waals surface area contributed by atoms with Gasteiger partial charge in [0.2, 0.25) is 5.71 Å². The summed E-state index contributed by atoms with van der Waals surface area (Å²) in [7, 11) is 11.3. The van der Waals surface area contributed by atoms with Gasteiger partial charge in [0, 0.05) is 31.9 Å². The molecule has 1 aromatic rings. The minimum atomic E-state index is 0.439. The van der Waals surface area contributed by atoms with E-state index < -0.39 is 0 Å². The summed E-state index contributed by atoms with van der Waals surface area (Å²) in [5.74, 6) is 2.99. The Morgan fingerprint density at radius 3 is 2.33 bits per heavy atom. The summed E-state index contributed by atoms with van der Waals surface area (Å²) in [5, 5.41) is 0. The SMILES string of the molecule is COC1=CC(=[N+](C)C)C=C2OCCOc3cc(N(C)C)cc(OC)c3/C=C/12. The van der Waals surface area contributed by atoms with E-state index in [-0.39, 0.29) is 0 Å². The van der Waals surface area contributed by atoms with Crippen molar-refractivity contribution in [1.29, 1.82) is 0 Å². The Kier molecular flexibility index (Phi) is 5.44. The van der Waals surface area contributed by atoms with Gasteiger partial charge in [-0.1, -0.05) is 0 Å². The van der Waals surface area contributed by atoms with Crippen molar-refractivity contribution in [2.45, 2.75) is 0 Å². The first kappa shape index (κ1) is 18.9. The van der Waals surface area contributed by atoms with Gasteiger partial charge in [-0.05, 0) is 6.08 Å². The van der Waals surface area contributed by atoms with Crippen molar-refractivity contribution < 1.29 is 23.5 Å². The van der Waals surface area contributed by atoms with E-state index in [1.165, 1.54) is 0 Å². The lowest BCUT2D eigenvalue weighted by molar-refractivity contribution is -0.462. The van der Waals surface area contributed by atoms with Crippen LogP contribution >= 0.6 is 0 Å². The van der Waals surface area contributed by atoms with E-state index in [2.05, 4.69) is 0 Å². The number of nitrogens with zero attached hydrogens (tertiary/aromatic N) is 2. The molecule has 0 atom stereocenters. The zero-order valence-corrected chi connectivity index (χ0v) is 16.8. The summed E-state index contributed by atoms with van der Waals surface area (Å²) in [6.07, 6.45) is 6.02. The summed E-state index contributed by atoms with van der Waals surface area (Å²) >= 11 is 0. The molecule has 6 heteroatoms. The molecule has 0 saturated heterocycles. The van der Waals surface area contributed by atoms with Gasteiger partial charge in [0.05, 0.1) is 37.5 Å². The number of hydrogen-bond acceptors (Lipinski definition) is 5. The maximum Gasteiger partial charge on any atom is 0.206 e. The van der Waals surface area contributed by atoms with Crippen LogP contribution in [-0.4, -0.2) is 65.9 Å². The fraction of sp³-hybridized carbons (Fsp3) is 0.381. The highest BCUT2D eigenvalue weighted by Gasteiger charge is 2.25. The second-order valence-corrected chi connectivity index (χ2v) is 6.75. The number of fused-ring (bicyclic) bond motifs is 2. The lowest BCUT2D eigenvalue weighted by Crippen LogP contribution is -2.17. The zero-order chi connectivity index (χ0) is 19.6. The molecule has 0 saturated carbocycles. The third-order valence-corrected chi connectivity index (χ3v) is 4.54. The summed E-state index contributed by atoms with van der Waals surface area (Å²) in [6.45, 7) is 0.879. The fourth-order valence-corrected chi connectivity index (χ4v) is 3.00. The second-order valence-electron chi connectivity index (χ2n) is 6.75. The van der Waals surface area contributed by atoms with Crippen LogP contribution in [0.1, 0.15) is 5.56 Å². The number of methoxy groups -OCH3 is 2. The molecular formula is C21H27N2O4+. The van der Waals surface area contributed by atoms with E-state index >= 15 is 0 Å². The van der Waals surface area contributed by atoms with Crippen molar-refractivity contribution in [2.75, 3.05) is 60.5 Å². The van der Waals surface area contributed by atoms with Crippen molar-refractivity contribution in [1.82, 2.24) is 0 Å². The van der Waals surface area contributed by atoms with Crippen LogP contribution in [0.25, 0.3) is 6.08 Å². The standard InChI is InChI=1S/C21H27N2O4/c1-22(2)14-9-18(24-5)16-13-17-19(25-6)10-15(23(3)4)12-21(17)27-8-7-26-20(16)11-14/h9-13H,7-8H2,1-6H3/q+1. The van der Waals surface area contributed by atoms with Crippen molar-refractivity contribution in [3.63, 3.8) is 0 Å². The van der Waals surface area contributed by atoms with Crippen molar-refractivity contribution in [3.05, 3.63) is 46.9 Å². The monoisotopic (exact) mass is 371 g/mol. The summed E-state index contributed by atoms with van der Waals surface area (Å²) in [6, 6.07) is 4.01. The molecule has 0 radical (unpaired) electrons. The summed E-state index contributed by atoms with van der Waals surface area (Å²) < 4.78 is 25.4. The van der Waals surface area contributed by atoms with Crippen LogP contribution in [-0.2, 0) is 9.47 Å². The third-order valence-electron chi connectivity index (χ3n) is 4.54. The lowest BCUT2D eigenvalue weighted by atomic mass is 9.99. The van der Waals surface area contributed by atoms with E-state index in [0.717, 1.165) is 45.6 Å². The number of anilines is 1. The highest BCUT2D eigenvalue weighted by Crippen LogP contribution is 2.39. The molecule has 27 heavy (non-hydrogen) atoms. The summed E-state index contributed by atoms with van der Waals surface area (Å²) in [5.41, 5.74) is 3.75. The van der Waals surface area contributed by atoms with E-state index in [4.69, 9.17) is 18.9 Å². The van der Waals surface area contributed by atoms with Gasteiger partial charge in [0.1, 0.15) is 50.3 Å². The molecular weight excluding hydrogens is 344 g/mol. The Balaban J connectivity index is 2.22. The predicted octanol–water partition coefficient (Wildman–Crippen LogP) is 2.69. The van der Waals surface area contributed by atoms with E-state index in [1.807, 2.05) is 68.0 Å². The molecule has 0 spiro atoms. The molecule has 0 aromatic heterocycles. The maximum absolute atomic E-state index is 6.01. The molecule has 0 bridgehead atoms. The summed E-state index contributed by atoms with van der Waals surface area (Å²) in [4.78, 5) is 2.02. The molecule has 2 aliphatic rings. The van der Waals surface area contributed by atoms with E-state index in [9.17, 15) is 0 Å². The Labute approximate surface area is 160 Å². The van der Waals surface area contributed by atoms with Crippen molar-refractivity contribution >= 4 is 17.5 Å². The van der Waals surface area contributed by atoms with Crippen molar-refractivity contribution in [3.8, 4) is 11.5 Å². The highest BCUT2D eigenvalue weighted by molar-refractivity contribution is 6.04. The number of benzene rings is 1. The van der Waals surface area contributed by atoms with Crippen LogP contribution in [0, 0.1) is 0 Å². The second kappa shape index (κ2) is 7.78. The van der Waals surface area contributed by atoms with Crippen LogP contribution in [0.4, 0.5) is 5.69 Å². The van der Waals surface area contributed by atoms with Crippen LogP contribution in [0.2, 0.25) is 0 Å². The first-order valence-electron chi connectivity index (χ1n) is 8.83. The maximum atomic E-state index is 6.01. The molecule has 6 nitrogen and oxygen atoms in total. The smallest absolute Gasteiger partial charge is 0.206 e. The Hall–Kier alpha value is -2.89. The van der Waals surface area contributed by atoms with Gasteiger partial charge in [-0.15, -0.1) is 0 Å². The van der Waals surface area contributed by atoms with Gasteiger partial charge in [0.15, 0.2) is 0 Å². The fourth-order valence-electron chi connectivity index (χ4n) is 3.00. The lowest BCUT2D eigenvalue weighted by Gasteiger charge is -2.19. The number of hydrogen-bond donors (Lipinski definition) is 0. The topological polar surface area (TPSA) is 43.2 Å². The van der Waals surface area contributed by atoms with Gasteiger partial charge in [0.25, 0.3) is 0 Å². The average Bonchev–Trinajstić information content (AvgIpc) is 2.74. The predicted molar refractivity (Wildman–Crippen MR) is 107 cm³/mol. The van der Waals surface area contributed by atoms with Gasteiger partial charge >= 0.3 is 0 Å². The van der Waals surface area contributed by atoms with Gasteiger partial charge in [-0.3, -0.25) is 0 Å². The average molecular weight is 371 g/mol. The highest BCUT2D eigenvalue weighted by atomic mass is 16.5. The van der Waals surface area contributed by atoms with Crippen LogP contribution < -0.4 is 14.4 Å². The van der Waals surface area contributed by atoms with Gasteiger partial charge in [-0.2, -0.15) is 0 Å². The first-order valence-corrected chi connectivity index (χ1v) is 8.83. The molecule has 1 heterocycles. The Morgan fingerprint density at radius 1 is 0.963 bits per heavy atom. The number of rotatable bonds is 3. The van der Waals surface area contributed by atoms with Crippen LogP contribution in [0.3, 0.4) is 0 Å².